The maximum atomic E-state index is 12.9. The fourth-order valence-corrected chi connectivity index (χ4v) is 4.58. The van der Waals surface area contributed by atoms with Gasteiger partial charge in [0.25, 0.3) is 5.91 Å². The average Bonchev–Trinajstić information content (AvgIpc) is 3.09. The third-order valence-corrected chi connectivity index (χ3v) is 5.92. The van der Waals surface area contributed by atoms with Crippen molar-refractivity contribution in [2.75, 3.05) is 12.3 Å². The topological polar surface area (TPSA) is 46.3 Å². The van der Waals surface area contributed by atoms with E-state index in [0.29, 0.717) is 16.6 Å². The summed E-state index contributed by atoms with van der Waals surface area (Å²) in [6.07, 6.45) is 4.69. The van der Waals surface area contributed by atoms with E-state index in [2.05, 4.69) is 22.9 Å². The number of nitrogens with zero attached hydrogens (tertiary/aromatic N) is 1. The summed E-state index contributed by atoms with van der Waals surface area (Å²) in [5.74, 6) is 0.0965. The molecule has 0 saturated heterocycles. The number of rotatable bonds is 3. The van der Waals surface area contributed by atoms with Gasteiger partial charge >= 0.3 is 0 Å². The van der Waals surface area contributed by atoms with Crippen molar-refractivity contribution < 1.29 is 4.79 Å². The van der Waals surface area contributed by atoms with E-state index < -0.39 is 0 Å². The number of nitrogens with two attached hydrogens (primary N) is 1. The van der Waals surface area contributed by atoms with Crippen molar-refractivity contribution in [3.8, 4) is 0 Å². The molecule has 1 aliphatic carbocycles. The van der Waals surface area contributed by atoms with Crippen molar-refractivity contribution >= 4 is 48.9 Å². The molecule has 1 heterocycles. The van der Waals surface area contributed by atoms with Crippen molar-refractivity contribution in [1.29, 1.82) is 0 Å². The molecule has 0 unspecified atom stereocenters. The van der Waals surface area contributed by atoms with Gasteiger partial charge in [-0.2, -0.15) is 0 Å². The number of carbonyl (C=O) groups excluding carboxylic acids is 1. The van der Waals surface area contributed by atoms with Gasteiger partial charge in [0, 0.05) is 27.1 Å². The van der Waals surface area contributed by atoms with Gasteiger partial charge in [0.05, 0.1) is 5.69 Å². The standard InChI is InChI=1S/C16H19BrN2OS/c1-2-19(11-5-3-4-6-11)16(20)15-14(18)12-9-10(17)7-8-13(12)21-15/h7-9,11H,2-6,18H2,1H3. The third-order valence-electron chi connectivity index (χ3n) is 4.25. The minimum atomic E-state index is 0.0965. The van der Waals surface area contributed by atoms with Gasteiger partial charge < -0.3 is 10.6 Å². The number of amides is 1. The number of hydrogen-bond donors (Lipinski definition) is 1. The number of thiophene rings is 1. The monoisotopic (exact) mass is 366 g/mol. The quantitative estimate of drug-likeness (QED) is 0.858. The maximum Gasteiger partial charge on any atom is 0.266 e. The molecular formula is C16H19BrN2OS. The molecule has 0 aliphatic heterocycles. The normalized spacial score (nSPS) is 15.7. The Morgan fingerprint density at radius 3 is 2.81 bits per heavy atom. The van der Waals surface area contributed by atoms with Gasteiger partial charge in [0.15, 0.2) is 0 Å². The van der Waals surface area contributed by atoms with E-state index in [1.54, 1.807) is 0 Å². The summed E-state index contributed by atoms with van der Waals surface area (Å²) >= 11 is 4.97. The Labute approximate surface area is 137 Å². The molecule has 0 bridgehead atoms. The minimum Gasteiger partial charge on any atom is -0.397 e. The molecule has 1 saturated carbocycles. The van der Waals surface area contributed by atoms with Crippen LogP contribution in [0.15, 0.2) is 22.7 Å². The first-order valence-electron chi connectivity index (χ1n) is 7.40. The predicted molar refractivity (Wildman–Crippen MR) is 92.9 cm³/mol. The fraction of sp³-hybridized carbons (Fsp3) is 0.438. The zero-order valence-corrected chi connectivity index (χ0v) is 14.5. The van der Waals surface area contributed by atoms with Gasteiger partial charge in [-0.05, 0) is 38.0 Å². The molecule has 5 heteroatoms. The van der Waals surface area contributed by atoms with Crippen LogP contribution >= 0.6 is 27.3 Å². The van der Waals surface area contributed by atoms with Gasteiger partial charge in [0.2, 0.25) is 0 Å². The number of anilines is 1. The molecule has 2 N–H and O–H groups in total. The first-order chi connectivity index (χ1) is 10.1. The van der Waals surface area contributed by atoms with Crippen LogP contribution in [-0.2, 0) is 0 Å². The highest BCUT2D eigenvalue weighted by atomic mass is 79.9. The summed E-state index contributed by atoms with van der Waals surface area (Å²) in [6.45, 7) is 2.80. The number of fused-ring (bicyclic) bond motifs is 1. The Balaban J connectivity index is 1.98. The first kappa shape index (κ1) is 14.9. The van der Waals surface area contributed by atoms with Crippen LogP contribution in [0.4, 0.5) is 5.69 Å². The van der Waals surface area contributed by atoms with Crippen LogP contribution in [-0.4, -0.2) is 23.4 Å². The maximum absolute atomic E-state index is 12.9. The van der Waals surface area contributed by atoms with Gasteiger partial charge in [-0.15, -0.1) is 11.3 Å². The Bertz CT molecular complexity index is 676. The number of hydrogen-bond acceptors (Lipinski definition) is 3. The van der Waals surface area contributed by atoms with Gasteiger partial charge in [-0.3, -0.25) is 4.79 Å². The number of benzene rings is 1. The van der Waals surface area contributed by atoms with Crippen molar-refractivity contribution in [2.45, 2.75) is 38.6 Å². The van der Waals surface area contributed by atoms with Crippen LogP contribution < -0.4 is 5.73 Å². The Kier molecular flexibility index (Phi) is 4.22. The Morgan fingerprint density at radius 2 is 2.14 bits per heavy atom. The lowest BCUT2D eigenvalue weighted by atomic mass is 10.1. The van der Waals surface area contributed by atoms with Crippen LogP contribution in [0.3, 0.4) is 0 Å². The highest BCUT2D eigenvalue weighted by Gasteiger charge is 2.28. The molecule has 0 spiro atoms. The van der Waals surface area contributed by atoms with E-state index in [1.165, 1.54) is 24.2 Å². The number of carbonyl (C=O) groups is 1. The number of halogens is 1. The largest absolute Gasteiger partial charge is 0.397 e. The Morgan fingerprint density at radius 1 is 1.43 bits per heavy atom. The van der Waals surface area contributed by atoms with Gasteiger partial charge in [0.1, 0.15) is 4.88 Å². The van der Waals surface area contributed by atoms with E-state index in [1.807, 2.05) is 23.1 Å². The van der Waals surface area contributed by atoms with E-state index in [-0.39, 0.29) is 5.91 Å². The molecule has 1 fully saturated rings. The summed E-state index contributed by atoms with van der Waals surface area (Å²) in [5.41, 5.74) is 6.86. The highest BCUT2D eigenvalue weighted by Crippen LogP contribution is 2.37. The average molecular weight is 367 g/mol. The summed E-state index contributed by atoms with van der Waals surface area (Å²) in [7, 11) is 0. The molecule has 0 radical (unpaired) electrons. The fourth-order valence-electron chi connectivity index (χ4n) is 3.16. The van der Waals surface area contributed by atoms with Crippen LogP contribution in [0.2, 0.25) is 0 Å². The van der Waals surface area contributed by atoms with Crippen molar-refractivity contribution in [3.05, 3.63) is 27.5 Å². The minimum absolute atomic E-state index is 0.0965. The van der Waals surface area contributed by atoms with E-state index in [9.17, 15) is 4.79 Å². The number of nitrogen functional groups attached to an aromatic ring is 1. The summed E-state index contributed by atoms with van der Waals surface area (Å²) in [5, 5.41) is 0.972. The van der Waals surface area contributed by atoms with Crippen LogP contribution in [0, 0.1) is 0 Å². The third kappa shape index (κ3) is 2.69. The van der Waals surface area contributed by atoms with Crippen LogP contribution in [0.1, 0.15) is 42.3 Å². The molecule has 0 atom stereocenters. The molecule has 2 aromatic rings. The summed E-state index contributed by atoms with van der Waals surface area (Å²) in [6, 6.07) is 6.38. The summed E-state index contributed by atoms with van der Waals surface area (Å²) in [4.78, 5) is 15.6. The second-order valence-electron chi connectivity index (χ2n) is 5.51. The van der Waals surface area contributed by atoms with Crippen molar-refractivity contribution in [2.24, 2.45) is 0 Å². The first-order valence-corrected chi connectivity index (χ1v) is 9.01. The van der Waals surface area contributed by atoms with E-state index in [4.69, 9.17) is 5.73 Å². The lowest BCUT2D eigenvalue weighted by Crippen LogP contribution is -2.38. The molecule has 1 aromatic heterocycles. The molecular weight excluding hydrogens is 348 g/mol. The second kappa shape index (κ2) is 5.97. The Hall–Kier alpha value is -1.07. The molecule has 21 heavy (non-hydrogen) atoms. The zero-order valence-electron chi connectivity index (χ0n) is 12.1. The molecule has 3 nitrogen and oxygen atoms in total. The molecule has 3 rings (SSSR count). The van der Waals surface area contributed by atoms with E-state index >= 15 is 0 Å². The van der Waals surface area contributed by atoms with Crippen LogP contribution in [0.25, 0.3) is 10.1 Å². The SMILES string of the molecule is CCN(C(=O)c1sc2ccc(Br)cc2c1N)C1CCCC1. The lowest BCUT2D eigenvalue weighted by molar-refractivity contribution is 0.0699. The molecule has 1 aromatic carbocycles. The zero-order chi connectivity index (χ0) is 15.0. The summed E-state index contributed by atoms with van der Waals surface area (Å²) < 4.78 is 2.06. The van der Waals surface area contributed by atoms with Crippen LogP contribution in [0.5, 0.6) is 0 Å². The lowest BCUT2D eigenvalue weighted by Gasteiger charge is -2.27. The predicted octanol–water partition coefficient (Wildman–Crippen LogP) is 4.65. The molecule has 112 valence electrons. The van der Waals surface area contributed by atoms with E-state index in [0.717, 1.165) is 33.9 Å². The van der Waals surface area contributed by atoms with Gasteiger partial charge in [-0.25, -0.2) is 0 Å². The highest BCUT2D eigenvalue weighted by molar-refractivity contribution is 9.10. The van der Waals surface area contributed by atoms with Crippen molar-refractivity contribution in [3.63, 3.8) is 0 Å². The van der Waals surface area contributed by atoms with Crippen molar-refractivity contribution in [1.82, 2.24) is 4.90 Å². The molecule has 1 amide bonds. The molecule has 1 aliphatic rings. The smallest absolute Gasteiger partial charge is 0.266 e. The van der Waals surface area contributed by atoms with Gasteiger partial charge in [-0.1, -0.05) is 28.8 Å². The second-order valence-corrected chi connectivity index (χ2v) is 7.48.